The van der Waals surface area contributed by atoms with Crippen LogP contribution in [0.4, 0.5) is 5.69 Å². The summed E-state index contributed by atoms with van der Waals surface area (Å²) in [4.78, 5) is 37.9. The molecule has 0 unspecified atom stereocenters. The number of fused-ring (bicyclic) bond motifs is 1. The van der Waals surface area contributed by atoms with Gasteiger partial charge in [0.05, 0.1) is 6.20 Å². The van der Waals surface area contributed by atoms with E-state index in [-0.39, 0.29) is 11.4 Å². The molecule has 0 atom stereocenters. The maximum Gasteiger partial charge on any atom is 0.345 e. The van der Waals surface area contributed by atoms with Gasteiger partial charge in [0.2, 0.25) is 0 Å². The number of nitrogens with one attached hydrogen (secondary N) is 1. The highest BCUT2D eigenvalue weighted by atomic mass is 16.2. The van der Waals surface area contributed by atoms with E-state index in [0.29, 0.717) is 0 Å². The maximum atomic E-state index is 11.1. The lowest BCUT2D eigenvalue weighted by Gasteiger charge is -2.02. The highest BCUT2D eigenvalue weighted by molar-refractivity contribution is 6.44. The second-order valence-corrected chi connectivity index (χ2v) is 2.28. The molecule has 0 saturated heterocycles. The van der Waals surface area contributed by atoms with Crippen LogP contribution in [-0.4, -0.2) is 21.7 Å². The first-order valence-electron chi connectivity index (χ1n) is 3.28. The number of hydrogen-bond donors (Lipinski definition) is 1. The Labute approximate surface area is 70.5 Å². The molecule has 1 aliphatic heterocycles. The molecule has 0 spiro atoms. The molecule has 1 N–H and O–H groups in total. The van der Waals surface area contributed by atoms with Crippen LogP contribution >= 0.6 is 0 Å². The zero-order valence-electron chi connectivity index (χ0n) is 6.14. The number of carbonyl (C=O) groups excluding carboxylic acids is 2. The molecule has 7 nitrogen and oxygen atoms in total. The highest BCUT2D eigenvalue weighted by Crippen LogP contribution is 2.19. The second kappa shape index (κ2) is 2.41. The van der Waals surface area contributed by atoms with E-state index in [0.717, 1.165) is 6.20 Å². The molecule has 0 bridgehead atoms. The van der Waals surface area contributed by atoms with E-state index in [9.17, 15) is 14.4 Å². The minimum atomic E-state index is -0.991. The molecule has 0 fully saturated rings. The number of Topliss-reactive ketones (excluding diaryl/α,β-unsaturated/α-hetero) is 1. The summed E-state index contributed by atoms with van der Waals surface area (Å²) < 4.78 is 0. The SMILES string of the molecule is O=C1N=Nc2cnc(=O)[nH]c2C1=O. The van der Waals surface area contributed by atoms with E-state index in [1.54, 1.807) is 0 Å². The number of rotatable bonds is 0. The van der Waals surface area contributed by atoms with Crippen molar-refractivity contribution in [3.05, 3.63) is 22.4 Å². The van der Waals surface area contributed by atoms with Gasteiger partial charge in [0.1, 0.15) is 11.4 Å². The standard InChI is InChI=1S/C6H2N4O3/c11-4-3-2(9-10-5(4)12)1-7-6(13)8-3/h1H,(H,7,8,13). The van der Waals surface area contributed by atoms with Crippen LogP contribution in [-0.2, 0) is 4.79 Å². The van der Waals surface area contributed by atoms with Crippen LogP contribution in [0.2, 0.25) is 0 Å². The third kappa shape index (κ3) is 1.06. The molecule has 0 saturated carbocycles. The van der Waals surface area contributed by atoms with Crippen LogP contribution in [0.25, 0.3) is 0 Å². The summed E-state index contributed by atoms with van der Waals surface area (Å²) in [5.41, 5.74) is -0.749. The summed E-state index contributed by atoms with van der Waals surface area (Å²) >= 11 is 0. The molecule has 64 valence electrons. The molecule has 2 heterocycles. The zero-order chi connectivity index (χ0) is 9.42. The zero-order valence-corrected chi connectivity index (χ0v) is 6.14. The van der Waals surface area contributed by atoms with Gasteiger partial charge in [0.25, 0.3) is 5.78 Å². The summed E-state index contributed by atoms with van der Waals surface area (Å²) in [7, 11) is 0. The molecule has 1 aliphatic rings. The van der Waals surface area contributed by atoms with E-state index >= 15 is 0 Å². The molecule has 2 rings (SSSR count). The van der Waals surface area contributed by atoms with Crippen LogP contribution < -0.4 is 5.69 Å². The molecular formula is C6H2N4O3. The summed E-state index contributed by atoms with van der Waals surface area (Å²) in [5, 5.41) is 6.44. The van der Waals surface area contributed by atoms with Crippen molar-refractivity contribution in [3.63, 3.8) is 0 Å². The van der Waals surface area contributed by atoms with Crippen LogP contribution in [0.3, 0.4) is 0 Å². The Morgan fingerprint density at radius 3 is 2.69 bits per heavy atom. The largest absolute Gasteiger partial charge is 0.345 e. The minimum Gasteiger partial charge on any atom is -0.300 e. The fraction of sp³-hybridized carbons (Fsp3) is 0. The normalized spacial score (nSPS) is 14.5. The average Bonchev–Trinajstić information content (AvgIpc) is 2.12. The molecule has 1 aromatic rings. The topological polar surface area (TPSA) is 105 Å². The fourth-order valence-corrected chi connectivity index (χ4v) is 0.888. The predicted octanol–water partition coefficient (Wildman–Crippen LogP) is -0.424. The maximum absolute atomic E-state index is 11.1. The van der Waals surface area contributed by atoms with Crippen molar-refractivity contribution in [3.8, 4) is 0 Å². The number of hydrogen-bond acceptors (Lipinski definition) is 5. The molecule has 7 heteroatoms. The number of ketones is 1. The lowest BCUT2D eigenvalue weighted by Crippen LogP contribution is -2.21. The third-order valence-electron chi connectivity index (χ3n) is 1.46. The second-order valence-electron chi connectivity index (χ2n) is 2.28. The quantitative estimate of drug-likeness (QED) is 0.544. The van der Waals surface area contributed by atoms with Crippen molar-refractivity contribution >= 4 is 17.4 Å². The van der Waals surface area contributed by atoms with E-state index in [2.05, 4.69) is 20.2 Å². The Bertz CT molecular complexity index is 487. The van der Waals surface area contributed by atoms with E-state index in [4.69, 9.17) is 0 Å². The van der Waals surface area contributed by atoms with Gasteiger partial charge >= 0.3 is 11.6 Å². The first-order chi connectivity index (χ1) is 6.18. The van der Waals surface area contributed by atoms with Gasteiger partial charge in [-0.15, -0.1) is 10.2 Å². The lowest BCUT2D eigenvalue weighted by molar-refractivity contribution is -0.114. The number of H-pyrrole nitrogens is 1. The Morgan fingerprint density at radius 2 is 1.92 bits per heavy atom. The van der Waals surface area contributed by atoms with Gasteiger partial charge in [-0.2, -0.15) is 4.98 Å². The number of carbonyl (C=O) groups is 2. The number of aromatic nitrogens is 2. The average molecular weight is 178 g/mol. The van der Waals surface area contributed by atoms with Gasteiger partial charge in [-0.25, -0.2) is 4.79 Å². The van der Waals surface area contributed by atoms with Crippen LogP contribution in [0.15, 0.2) is 21.2 Å². The summed E-state index contributed by atoms with van der Waals surface area (Å²) in [6, 6.07) is 0. The Hall–Kier alpha value is -2.18. The summed E-state index contributed by atoms with van der Waals surface area (Å²) in [5.74, 6) is -1.86. The minimum absolute atomic E-state index is 0.101. The summed E-state index contributed by atoms with van der Waals surface area (Å²) in [6.07, 6.45) is 1.09. The van der Waals surface area contributed by atoms with Crippen molar-refractivity contribution in [2.75, 3.05) is 0 Å². The van der Waals surface area contributed by atoms with Crippen molar-refractivity contribution in [1.82, 2.24) is 9.97 Å². The molecule has 0 aromatic carbocycles. The number of amides is 1. The van der Waals surface area contributed by atoms with Gasteiger partial charge in [-0.1, -0.05) is 0 Å². The monoisotopic (exact) mass is 178 g/mol. The van der Waals surface area contributed by atoms with Crippen molar-refractivity contribution in [2.24, 2.45) is 10.2 Å². The molecule has 1 amide bonds. The molecule has 1 aromatic heterocycles. The van der Waals surface area contributed by atoms with E-state index in [1.807, 2.05) is 0 Å². The molecule has 0 radical (unpaired) electrons. The third-order valence-corrected chi connectivity index (χ3v) is 1.46. The lowest BCUT2D eigenvalue weighted by atomic mass is 10.2. The van der Waals surface area contributed by atoms with Crippen LogP contribution in [0, 0.1) is 0 Å². The van der Waals surface area contributed by atoms with Gasteiger partial charge in [-0.3, -0.25) is 9.59 Å². The fourth-order valence-electron chi connectivity index (χ4n) is 0.888. The van der Waals surface area contributed by atoms with E-state index in [1.165, 1.54) is 0 Å². The molecule has 0 aliphatic carbocycles. The Balaban J connectivity index is 2.74. The number of nitrogens with zero attached hydrogens (tertiary/aromatic N) is 3. The van der Waals surface area contributed by atoms with Crippen molar-refractivity contribution in [1.29, 1.82) is 0 Å². The van der Waals surface area contributed by atoms with Crippen LogP contribution in [0.5, 0.6) is 0 Å². The van der Waals surface area contributed by atoms with Crippen LogP contribution in [0.1, 0.15) is 10.5 Å². The number of azo groups is 1. The van der Waals surface area contributed by atoms with Gasteiger partial charge < -0.3 is 4.98 Å². The first kappa shape index (κ1) is 7.47. The summed E-state index contributed by atoms with van der Waals surface area (Å²) in [6.45, 7) is 0. The highest BCUT2D eigenvalue weighted by Gasteiger charge is 2.24. The predicted molar refractivity (Wildman–Crippen MR) is 38.7 cm³/mol. The van der Waals surface area contributed by atoms with Gasteiger partial charge in [0.15, 0.2) is 0 Å². The smallest absolute Gasteiger partial charge is 0.300 e. The van der Waals surface area contributed by atoms with Gasteiger partial charge in [0, 0.05) is 0 Å². The van der Waals surface area contributed by atoms with Gasteiger partial charge in [-0.05, 0) is 0 Å². The van der Waals surface area contributed by atoms with Crippen molar-refractivity contribution in [2.45, 2.75) is 0 Å². The van der Waals surface area contributed by atoms with Crippen molar-refractivity contribution < 1.29 is 9.59 Å². The van der Waals surface area contributed by atoms with E-state index < -0.39 is 17.4 Å². The first-order valence-corrected chi connectivity index (χ1v) is 3.28. The molecular weight excluding hydrogens is 176 g/mol. The Kier molecular flexibility index (Phi) is 1.38. The Morgan fingerprint density at radius 1 is 1.15 bits per heavy atom. The number of aromatic amines is 1. The molecule has 13 heavy (non-hydrogen) atoms.